The second kappa shape index (κ2) is 6.96. The van der Waals surface area contributed by atoms with Crippen LogP contribution in [0.5, 0.6) is 11.5 Å². The van der Waals surface area contributed by atoms with Crippen molar-refractivity contribution in [2.24, 2.45) is 5.10 Å². The summed E-state index contributed by atoms with van der Waals surface area (Å²) in [5, 5.41) is 23.6. The zero-order chi connectivity index (χ0) is 17.7. The number of nitrogens with zero attached hydrogens (tertiary/aromatic N) is 2. The van der Waals surface area contributed by atoms with E-state index in [2.05, 4.69) is 5.10 Å². The number of nitro benzene ring substituents is 1. The van der Waals surface area contributed by atoms with Gasteiger partial charge in [0.05, 0.1) is 23.1 Å². The van der Waals surface area contributed by atoms with Crippen LogP contribution in [0.4, 0.5) is 5.69 Å². The zero-order valence-electron chi connectivity index (χ0n) is 12.4. The fraction of sp³-hybridized carbons (Fsp3) is 0.0714. The van der Waals surface area contributed by atoms with Gasteiger partial charge >= 0.3 is 0 Å². The summed E-state index contributed by atoms with van der Waals surface area (Å²) in [4.78, 5) is 11.8. The van der Waals surface area contributed by atoms with E-state index in [9.17, 15) is 23.6 Å². The summed E-state index contributed by atoms with van der Waals surface area (Å²) in [6, 6.07) is 8.76. The molecule has 0 unspecified atom stereocenters. The molecular weight excluding hydrogens is 338 g/mol. The second-order valence-corrected chi connectivity index (χ2v) is 6.20. The topological polar surface area (TPSA) is 131 Å². The first kappa shape index (κ1) is 17.2. The Kier molecular flexibility index (Phi) is 4.99. The SMILES string of the molecule is COc1cc(/C=N/NS(=O)(=O)c2ccc([N+](=O)[O-])cc2)ccc1O. The Morgan fingerprint density at radius 1 is 1.25 bits per heavy atom. The molecule has 24 heavy (non-hydrogen) atoms. The molecule has 2 N–H and O–H groups in total. The first-order chi connectivity index (χ1) is 11.3. The highest BCUT2D eigenvalue weighted by Crippen LogP contribution is 2.25. The summed E-state index contributed by atoms with van der Waals surface area (Å²) in [6.45, 7) is 0. The molecule has 10 heteroatoms. The summed E-state index contributed by atoms with van der Waals surface area (Å²) >= 11 is 0. The van der Waals surface area contributed by atoms with E-state index in [1.54, 1.807) is 0 Å². The summed E-state index contributed by atoms with van der Waals surface area (Å²) in [7, 11) is -2.57. The molecule has 0 heterocycles. The Hall–Kier alpha value is -3.14. The summed E-state index contributed by atoms with van der Waals surface area (Å²) in [6.07, 6.45) is 1.23. The number of benzene rings is 2. The standard InChI is InChI=1S/C14H13N3O6S/c1-23-14-8-10(2-7-13(14)18)9-15-16-24(21,22)12-5-3-11(4-6-12)17(19)20/h2-9,16,18H,1H3/b15-9+. The van der Waals surface area contributed by atoms with Crippen LogP contribution in [-0.2, 0) is 10.0 Å². The van der Waals surface area contributed by atoms with Gasteiger partial charge in [0.1, 0.15) is 0 Å². The Labute approximate surface area is 137 Å². The molecule has 0 radical (unpaired) electrons. The van der Waals surface area contributed by atoms with Gasteiger partial charge in [-0.3, -0.25) is 10.1 Å². The number of non-ortho nitro benzene ring substituents is 1. The Bertz CT molecular complexity index is 878. The van der Waals surface area contributed by atoms with Crippen LogP contribution >= 0.6 is 0 Å². The van der Waals surface area contributed by atoms with Gasteiger partial charge in [-0.05, 0) is 35.9 Å². The lowest BCUT2D eigenvalue weighted by Crippen LogP contribution is -2.18. The Balaban J connectivity index is 2.13. The van der Waals surface area contributed by atoms with Crippen LogP contribution in [0.1, 0.15) is 5.56 Å². The van der Waals surface area contributed by atoms with Crippen molar-refractivity contribution in [1.29, 1.82) is 0 Å². The largest absolute Gasteiger partial charge is 0.504 e. The third-order valence-corrected chi connectivity index (χ3v) is 4.19. The number of nitrogens with one attached hydrogen (secondary N) is 1. The lowest BCUT2D eigenvalue weighted by atomic mass is 10.2. The van der Waals surface area contributed by atoms with Gasteiger partial charge in [-0.1, -0.05) is 0 Å². The highest BCUT2D eigenvalue weighted by atomic mass is 32.2. The number of nitro groups is 1. The van der Waals surface area contributed by atoms with Crippen molar-refractivity contribution in [1.82, 2.24) is 4.83 Å². The molecule has 126 valence electrons. The van der Waals surface area contributed by atoms with Crippen molar-refractivity contribution in [2.75, 3.05) is 7.11 Å². The van der Waals surface area contributed by atoms with Gasteiger partial charge in [0.25, 0.3) is 15.7 Å². The van der Waals surface area contributed by atoms with E-state index in [0.29, 0.717) is 5.56 Å². The average Bonchev–Trinajstić information content (AvgIpc) is 2.56. The van der Waals surface area contributed by atoms with Crippen LogP contribution in [-0.4, -0.2) is 31.8 Å². The monoisotopic (exact) mass is 351 g/mol. The molecule has 0 saturated heterocycles. The third-order valence-electron chi connectivity index (χ3n) is 2.95. The minimum Gasteiger partial charge on any atom is -0.504 e. The van der Waals surface area contributed by atoms with Crippen LogP contribution < -0.4 is 9.57 Å². The van der Waals surface area contributed by atoms with Gasteiger partial charge in [0, 0.05) is 12.1 Å². The second-order valence-electron chi connectivity index (χ2n) is 4.54. The Morgan fingerprint density at radius 3 is 2.50 bits per heavy atom. The average molecular weight is 351 g/mol. The van der Waals surface area contributed by atoms with E-state index in [1.165, 1.54) is 31.5 Å². The zero-order valence-corrected chi connectivity index (χ0v) is 13.2. The van der Waals surface area contributed by atoms with Crippen molar-refractivity contribution in [3.05, 3.63) is 58.1 Å². The molecule has 0 aliphatic carbocycles. The lowest BCUT2D eigenvalue weighted by Gasteiger charge is -2.04. The van der Waals surface area contributed by atoms with Gasteiger partial charge in [0.2, 0.25) is 0 Å². The maximum Gasteiger partial charge on any atom is 0.276 e. The highest BCUT2D eigenvalue weighted by Gasteiger charge is 2.14. The minimum absolute atomic E-state index is 0.0545. The maximum absolute atomic E-state index is 12.0. The number of hydrogen-bond donors (Lipinski definition) is 2. The van der Waals surface area contributed by atoms with E-state index >= 15 is 0 Å². The molecule has 0 saturated carbocycles. The molecule has 0 aromatic heterocycles. The number of methoxy groups -OCH3 is 1. The number of rotatable bonds is 6. The van der Waals surface area contributed by atoms with Crippen molar-refractivity contribution in [3.8, 4) is 11.5 Å². The van der Waals surface area contributed by atoms with Gasteiger partial charge < -0.3 is 9.84 Å². The normalized spacial score (nSPS) is 11.4. The number of ether oxygens (including phenoxy) is 1. The first-order valence-electron chi connectivity index (χ1n) is 6.50. The summed E-state index contributed by atoms with van der Waals surface area (Å²) < 4.78 is 29.0. The minimum atomic E-state index is -3.95. The molecule has 2 rings (SSSR count). The van der Waals surface area contributed by atoms with Crippen molar-refractivity contribution < 1.29 is 23.2 Å². The molecule has 9 nitrogen and oxygen atoms in total. The van der Waals surface area contributed by atoms with Crippen LogP contribution in [0.3, 0.4) is 0 Å². The number of hydrazone groups is 1. The molecule has 0 amide bonds. The molecule has 0 fully saturated rings. The van der Waals surface area contributed by atoms with Gasteiger partial charge in [-0.25, -0.2) is 4.83 Å². The molecule has 0 spiro atoms. The quantitative estimate of drug-likeness (QED) is 0.462. The molecule has 0 aliphatic rings. The summed E-state index contributed by atoms with van der Waals surface area (Å²) in [5.74, 6) is 0.165. The first-order valence-corrected chi connectivity index (χ1v) is 7.98. The van der Waals surface area contributed by atoms with Crippen molar-refractivity contribution in [2.45, 2.75) is 4.90 Å². The fourth-order valence-electron chi connectivity index (χ4n) is 1.74. The van der Waals surface area contributed by atoms with E-state index in [0.717, 1.165) is 24.3 Å². The predicted molar refractivity (Wildman–Crippen MR) is 85.7 cm³/mol. The van der Waals surface area contributed by atoms with E-state index in [1.807, 2.05) is 4.83 Å². The number of phenols is 1. The Morgan fingerprint density at radius 2 is 1.92 bits per heavy atom. The number of phenolic OH excluding ortho intramolecular Hbond substituents is 1. The summed E-state index contributed by atoms with van der Waals surface area (Å²) in [5.41, 5.74) is 0.282. The molecule has 2 aromatic rings. The third kappa shape index (κ3) is 3.98. The van der Waals surface area contributed by atoms with Gasteiger partial charge in [-0.15, -0.1) is 0 Å². The number of sulfonamides is 1. The van der Waals surface area contributed by atoms with Crippen LogP contribution in [0.15, 0.2) is 52.5 Å². The smallest absolute Gasteiger partial charge is 0.276 e. The lowest BCUT2D eigenvalue weighted by molar-refractivity contribution is -0.384. The van der Waals surface area contributed by atoms with E-state index in [4.69, 9.17) is 4.74 Å². The van der Waals surface area contributed by atoms with Crippen molar-refractivity contribution >= 4 is 21.9 Å². The van der Waals surface area contributed by atoms with Crippen LogP contribution in [0, 0.1) is 10.1 Å². The predicted octanol–water partition coefficient (Wildman–Crippen LogP) is 1.62. The maximum atomic E-state index is 12.0. The van der Waals surface area contributed by atoms with Crippen LogP contribution in [0.2, 0.25) is 0 Å². The molecule has 2 aromatic carbocycles. The van der Waals surface area contributed by atoms with Crippen LogP contribution in [0.25, 0.3) is 0 Å². The molecule has 0 aliphatic heterocycles. The van der Waals surface area contributed by atoms with E-state index < -0.39 is 14.9 Å². The van der Waals surface area contributed by atoms with Gasteiger partial charge in [-0.2, -0.15) is 13.5 Å². The van der Waals surface area contributed by atoms with E-state index in [-0.39, 0.29) is 22.1 Å². The molecular formula is C14H13N3O6S. The van der Waals surface area contributed by atoms with Gasteiger partial charge in [0.15, 0.2) is 11.5 Å². The number of aromatic hydroxyl groups is 1. The fourth-order valence-corrected chi connectivity index (χ4v) is 2.54. The number of hydrogen-bond acceptors (Lipinski definition) is 7. The molecule has 0 atom stereocenters. The highest BCUT2D eigenvalue weighted by molar-refractivity contribution is 7.89. The molecule has 0 bridgehead atoms. The van der Waals surface area contributed by atoms with Crippen molar-refractivity contribution in [3.63, 3.8) is 0 Å².